The molecule has 1 aliphatic rings. The highest BCUT2D eigenvalue weighted by Crippen LogP contribution is 2.14. The molecular formula is C20H38O2. The SMILES string of the molecule is O=C1CCCCCCCCCCCCCCCCCCCO1. The summed E-state index contributed by atoms with van der Waals surface area (Å²) in [6.07, 6.45) is 23.1. The maximum Gasteiger partial charge on any atom is 0.305 e. The fourth-order valence-electron chi connectivity index (χ4n) is 3.28. The highest BCUT2D eigenvalue weighted by molar-refractivity contribution is 5.69. The predicted molar refractivity (Wildman–Crippen MR) is 94.1 cm³/mol. The van der Waals surface area contributed by atoms with Crippen molar-refractivity contribution in [1.29, 1.82) is 0 Å². The van der Waals surface area contributed by atoms with Crippen molar-refractivity contribution in [1.82, 2.24) is 0 Å². The largest absolute Gasteiger partial charge is 0.466 e. The summed E-state index contributed by atoms with van der Waals surface area (Å²) >= 11 is 0. The Morgan fingerprint density at radius 2 is 0.773 bits per heavy atom. The van der Waals surface area contributed by atoms with Crippen molar-refractivity contribution < 1.29 is 9.53 Å². The van der Waals surface area contributed by atoms with Gasteiger partial charge in [-0.05, 0) is 12.8 Å². The van der Waals surface area contributed by atoms with E-state index in [4.69, 9.17) is 4.74 Å². The zero-order chi connectivity index (χ0) is 15.7. The van der Waals surface area contributed by atoms with E-state index in [2.05, 4.69) is 0 Å². The first kappa shape index (κ1) is 19.5. The van der Waals surface area contributed by atoms with Crippen molar-refractivity contribution in [2.24, 2.45) is 0 Å². The standard InChI is InChI=1S/C20H38O2/c21-20-18-16-14-12-10-8-6-4-2-1-3-5-7-9-11-13-15-17-19-22-20/h1-19H2. The molecule has 1 fully saturated rings. The number of cyclic esters (lactones) is 1. The van der Waals surface area contributed by atoms with Gasteiger partial charge in [0, 0.05) is 6.42 Å². The van der Waals surface area contributed by atoms with Gasteiger partial charge in [0.05, 0.1) is 6.61 Å². The highest BCUT2D eigenvalue weighted by Gasteiger charge is 2.02. The molecule has 1 heterocycles. The molecule has 0 unspecified atom stereocenters. The molecule has 22 heavy (non-hydrogen) atoms. The van der Waals surface area contributed by atoms with E-state index >= 15 is 0 Å². The Morgan fingerprint density at radius 3 is 1.18 bits per heavy atom. The smallest absolute Gasteiger partial charge is 0.305 e. The summed E-state index contributed by atoms with van der Waals surface area (Å²) < 4.78 is 5.30. The van der Waals surface area contributed by atoms with Crippen LogP contribution in [0.25, 0.3) is 0 Å². The molecule has 0 aromatic heterocycles. The molecule has 0 aromatic rings. The fraction of sp³-hybridized carbons (Fsp3) is 0.950. The first-order chi connectivity index (χ1) is 10.9. The Labute approximate surface area is 138 Å². The van der Waals surface area contributed by atoms with E-state index < -0.39 is 0 Å². The molecule has 0 atom stereocenters. The first-order valence-electron chi connectivity index (χ1n) is 10.1. The summed E-state index contributed by atoms with van der Waals surface area (Å²) in [5.41, 5.74) is 0. The van der Waals surface area contributed by atoms with Gasteiger partial charge in [-0.1, -0.05) is 96.3 Å². The number of hydrogen-bond acceptors (Lipinski definition) is 2. The summed E-state index contributed by atoms with van der Waals surface area (Å²) in [5.74, 6) is 0.0193. The lowest BCUT2D eigenvalue weighted by Gasteiger charge is -2.05. The van der Waals surface area contributed by atoms with Crippen LogP contribution in [-0.2, 0) is 9.53 Å². The van der Waals surface area contributed by atoms with Crippen molar-refractivity contribution in [2.75, 3.05) is 6.61 Å². The lowest BCUT2D eigenvalue weighted by molar-refractivity contribution is -0.143. The second-order valence-electron chi connectivity index (χ2n) is 6.98. The van der Waals surface area contributed by atoms with Gasteiger partial charge in [0.15, 0.2) is 0 Å². The van der Waals surface area contributed by atoms with Crippen LogP contribution in [0, 0.1) is 0 Å². The molecule has 1 saturated heterocycles. The highest BCUT2D eigenvalue weighted by atomic mass is 16.5. The van der Waals surface area contributed by atoms with E-state index in [1.807, 2.05) is 0 Å². The molecule has 130 valence electrons. The van der Waals surface area contributed by atoms with E-state index in [0.717, 1.165) is 12.8 Å². The van der Waals surface area contributed by atoms with Gasteiger partial charge in [-0.2, -0.15) is 0 Å². The normalized spacial score (nSPS) is 23.2. The van der Waals surface area contributed by atoms with E-state index in [0.29, 0.717) is 13.0 Å². The van der Waals surface area contributed by atoms with Gasteiger partial charge in [-0.3, -0.25) is 4.79 Å². The molecule has 0 spiro atoms. The number of carbonyl (C=O) groups excluding carboxylic acids is 1. The molecule has 0 bridgehead atoms. The number of carbonyl (C=O) groups is 1. The molecule has 2 nitrogen and oxygen atoms in total. The topological polar surface area (TPSA) is 26.3 Å². The average Bonchev–Trinajstić information content (AvgIpc) is 2.52. The lowest BCUT2D eigenvalue weighted by atomic mass is 10.0. The zero-order valence-corrected chi connectivity index (χ0v) is 14.8. The lowest BCUT2D eigenvalue weighted by Crippen LogP contribution is -2.05. The Balaban J connectivity index is 2.09. The van der Waals surface area contributed by atoms with Gasteiger partial charge in [0.2, 0.25) is 0 Å². The maximum atomic E-state index is 11.6. The average molecular weight is 311 g/mol. The Kier molecular flexibility index (Phi) is 13.6. The zero-order valence-electron chi connectivity index (χ0n) is 14.8. The van der Waals surface area contributed by atoms with Crippen molar-refractivity contribution in [3.8, 4) is 0 Å². The van der Waals surface area contributed by atoms with Gasteiger partial charge in [0.1, 0.15) is 0 Å². The van der Waals surface area contributed by atoms with Gasteiger partial charge < -0.3 is 4.74 Å². The van der Waals surface area contributed by atoms with E-state index in [9.17, 15) is 4.79 Å². The fourth-order valence-corrected chi connectivity index (χ4v) is 3.28. The summed E-state index contributed by atoms with van der Waals surface area (Å²) in [6, 6.07) is 0. The summed E-state index contributed by atoms with van der Waals surface area (Å²) in [7, 11) is 0. The van der Waals surface area contributed by atoms with Crippen molar-refractivity contribution in [2.45, 2.75) is 116 Å². The van der Waals surface area contributed by atoms with Crippen LogP contribution in [-0.4, -0.2) is 12.6 Å². The molecule has 0 saturated carbocycles. The quantitative estimate of drug-likeness (QED) is 0.473. The number of esters is 1. The molecule has 0 radical (unpaired) electrons. The van der Waals surface area contributed by atoms with E-state index in [-0.39, 0.29) is 5.97 Å². The molecular weight excluding hydrogens is 272 g/mol. The van der Waals surface area contributed by atoms with Crippen LogP contribution >= 0.6 is 0 Å². The van der Waals surface area contributed by atoms with Crippen LogP contribution < -0.4 is 0 Å². The van der Waals surface area contributed by atoms with Crippen molar-refractivity contribution in [3.05, 3.63) is 0 Å². The van der Waals surface area contributed by atoms with Gasteiger partial charge >= 0.3 is 5.97 Å². The van der Waals surface area contributed by atoms with Crippen LogP contribution in [0.5, 0.6) is 0 Å². The van der Waals surface area contributed by atoms with Gasteiger partial charge in [-0.25, -0.2) is 0 Å². The second-order valence-corrected chi connectivity index (χ2v) is 6.98. The van der Waals surface area contributed by atoms with Crippen LogP contribution in [0.3, 0.4) is 0 Å². The minimum atomic E-state index is 0.0193. The van der Waals surface area contributed by atoms with E-state index in [1.165, 1.54) is 96.3 Å². The van der Waals surface area contributed by atoms with Crippen LogP contribution in [0.4, 0.5) is 0 Å². The van der Waals surface area contributed by atoms with Crippen molar-refractivity contribution >= 4 is 5.97 Å². The third-order valence-electron chi connectivity index (χ3n) is 4.79. The van der Waals surface area contributed by atoms with Crippen LogP contribution in [0.15, 0.2) is 0 Å². The summed E-state index contributed by atoms with van der Waals surface area (Å²) in [6.45, 7) is 0.638. The van der Waals surface area contributed by atoms with Crippen LogP contribution in [0.1, 0.15) is 116 Å². The molecule has 0 aliphatic carbocycles. The number of hydrogen-bond donors (Lipinski definition) is 0. The monoisotopic (exact) mass is 310 g/mol. The Hall–Kier alpha value is -0.530. The maximum absolute atomic E-state index is 11.6. The molecule has 2 heteroatoms. The molecule has 1 rings (SSSR count). The third kappa shape index (κ3) is 13.2. The molecule has 0 aromatic carbocycles. The van der Waals surface area contributed by atoms with Gasteiger partial charge in [0.25, 0.3) is 0 Å². The Morgan fingerprint density at radius 1 is 0.455 bits per heavy atom. The summed E-state index contributed by atoms with van der Waals surface area (Å²) in [4.78, 5) is 11.6. The predicted octanol–water partition coefficient (Wildman–Crippen LogP) is 6.57. The van der Waals surface area contributed by atoms with Gasteiger partial charge in [-0.15, -0.1) is 0 Å². The minimum absolute atomic E-state index is 0.0193. The minimum Gasteiger partial charge on any atom is -0.466 e. The first-order valence-corrected chi connectivity index (χ1v) is 10.1. The Bertz CT molecular complexity index is 226. The molecule has 0 amide bonds. The van der Waals surface area contributed by atoms with Crippen LogP contribution in [0.2, 0.25) is 0 Å². The second kappa shape index (κ2) is 15.4. The van der Waals surface area contributed by atoms with E-state index in [1.54, 1.807) is 0 Å². The number of ether oxygens (including phenoxy) is 1. The summed E-state index contributed by atoms with van der Waals surface area (Å²) in [5, 5.41) is 0. The third-order valence-corrected chi connectivity index (χ3v) is 4.79. The number of rotatable bonds is 0. The molecule has 1 aliphatic heterocycles. The molecule has 0 N–H and O–H groups in total. The van der Waals surface area contributed by atoms with Crippen molar-refractivity contribution in [3.63, 3.8) is 0 Å².